The topological polar surface area (TPSA) is 108 Å². The predicted molar refractivity (Wildman–Crippen MR) is 253 cm³/mol. The summed E-state index contributed by atoms with van der Waals surface area (Å²) in [7, 11) is -4.29. The summed E-state index contributed by atoms with van der Waals surface area (Å²) in [6, 6.07) is 0. The number of ether oxygens (including phenoxy) is 2. The van der Waals surface area contributed by atoms with Gasteiger partial charge < -0.3 is 14.4 Å². The number of carbonyl (C=O) groups excluding carboxylic acids is 2. The summed E-state index contributed by atoms with van der Waals surface area (Å²) >= 11 is 0. The quantitative estimate of drug-likeness (QED) is 0.0279. The minimum absolute atomic E-state index is 0.00130. The van der Waals surface area contributed by atoms with E-state index in [-0.39, 0.29) is 25.6 Å². The van der Waals surface area contributed by atoms with Gasteiger partial charge in [0.25, 0.3) is 0 Å². The van der Waals surface area contributed by atoms with E-state index in [0.29, 0.717) is 12.8 Å². The van der Waals surface area contributed by atoms with Crippen molar-refractivity contribution in [2.45, 2.75) is 245 Å². The molecule has 0 aromatic heterocycles. The first kappa shape index (κ1) is 58.0. The number of esters is 2. The normalized spacial score (nSPS) is 13.6. The van der Waals surface area contributed by atoms with Gasteiger partial charge in [0.1, 0.15) is 6.61 Å². The van der Waals surface area contributed by atoms with E-state index in [4.69, 9.17) is 18.5 Å². The van der Waals surface area contributed by atoms with Gasteiger partial charge in [0, 0.05) is 12.8 Å². The Balaban J connectivity index is 4.00. The van der Waals surface area contributed by atoms with Crippen LogP contribution >= 0.6 is 7.82 Å². The number of unbranched alkanes of at least 4 members (excludes halogenated alkanes) is 26. The lowest BCUT2D eigenvalue weighted by molar-refractivity contribution is -0.161. The molecule has 0 bridgehead atoms. The average Bonchev–Trinajstić information content (AvgIpc) is 3.23. The van der Waals surface area contributed by atoms with E-state index in [2.05, 4.69) is 62.5 Å². The molecule has 2 atom stereocenters. The van der Waals surface area contributed by atoms with Crippen LogP contribution in [0.1, 0.15) is 239 Å². The first-order valence-electron chi connectivity index (χ1n) is 24.9. The smallest absolute Gasteiger partial charge is 0.462 e. The maximum Gasteiger partial charge on any atom is 0.472 e. The van der Waals surface area contributed by atoms with Gasteiger partial charge in [0.05, 0.1) is 13.2 Å². The summed E-state index contributed by atoms with van der Waals surface area (Å²) in [5, 5.41) is 0. The fraction of sp³-hybridized carbons (Fsp3) is 0.804. The number of allylic oxidation sites excluding steroid dienone is 8. The summed E-state index contributed by atoms with van der Waals surface area (Å²) in [4.78, 5) is 34.9. The van der Waals surface area contributed by atoms with Crippen LogP contribution in [0.4, 0.5) is 0 Å². The van der Waals surface area contributed by atoms with Crippen molar-refractivity contribution >= 4 is 19.8 Å². The molecular weight excluding hydrogens is 772 g/mol. The lowest BCUT2D eigenvalue weighted by Crippen LogP contribution is -2.29. The van der Waals surface area contributed by atoms with Crippen LogP contribution in [0.15, 0.2) is 48.6 Å². The van der Waals surface area contributed by atoms with Crippen LogP contribution in [0, 0.1) is 0 Å². The minimum Gasteiger partial charge on any atom is -0.462 e. The van der Waals surface area contributed by atoms with Crippen LogP contribution in [-0.2, 0) is 32.7 Å². The molecule has 60 heavy (non-hydrogen) atoms. The highest BCUT2D eigenvalue weighted by molar-refractivity contribution is 7.47. The number of rotatable bonds is 46. The van der Waals surface area contributed by atoms with Crippen LogP contribution < -0.4 is 0 Å². The predicted octanol–water partition coefficient (Wildman–Crippen LogP) is 16.1. The van der Waals surface area contributed by atoms with E-state index in [9.17, 15) is 19.0 Å². The maximum atomic E-state index is 12.6. The number of phosphoric ester groups is 1. The molecule has 1 N–H and O–H groups in total. The Morgan fingerprint density at radius 1 is 0.467 bits per heavy atom. The molecule has 0 saturated heterocycles. The zero-order valence-corrected chi connectivity index (χ0v) is 40.0. The average molecular weight is 865 g/mol. The fourth-order valence-electron chi connectivity index (χ4n) is 7.03. The molecule has 0 spiro atoms. The second-order valence-corrected chi connectivity index (χ2v) is 17.9. The second kappa shape index (κ2) is 46.5. The van der Waals surface area contributed by atoms with Gasteiger partial charge in [-0.05, 0) is 58.3 Å². The number of phosphoric acid groups is 1. The van der Waals surface area contributed by atoms with Crippen molar-refractivity contribution in [3.63, 3.8) is 0 Å². The highest BCUT2D eigenvalue weighted by Gasteiger charge is 2.25. The van der Waals surface area contributed by atoms with Crippen LogP contribution in [0.25, 0.3) is 0 Å². The van der Waals surface area contributed by atoms with Crippen LogP contribution in [-0.4, -0.2) is 42.8 Å². The third-order valence-corrected chi connectivity index (χ3v) is 11.7. The van der Waals surface area contributed by atoms with Crippen molar-refractivity contribution in [2.24, 2.45) is 0 Å². The van der Waals surface area contributed by atoms with Gasteiger partial charge in [0.15, 0.2) is 6.10 Å². The van der Waals surface area contributed by atoms with Gasteiger partial charge in [-0.25, -0.2) is 4.57 Å². The van der Waals surface area contributed by atoms with Gasteiger partial charge in [-0.15, -0.1) is 0 Å². The van der Waals surface area contributed by atoms with Gasteiger partial charge >= 0.3 is 19.8 Å². The molecule has 0 fully saturated rings. The molecule has 0 aromatic carbocycles. The Hall–Kier alpha value is -1.99. The van der Waals surface area contributed by atoms with E-state index in [0.717, 1.165) is 70.6 Å². The summed E-state index contributed by atoms with van der Waals surface area (Å²) < 4.78 is 32.8. The van der Waals surface area contributed by atoms with Crippen LogP contribution in [0.2, 0.25) is 0 Å². The Morgan fingerprint density at radius 3 is 1.28 bits per heavy atom. The molecule has 0 amide bonds. The maximum absolute atomic E-state index is 12.6. The molecule has 0 rings (SSSR count). The van der Waals surface area contributed by atoms with Crippen molar-refractivity contribution in [3.05, 3.63) is 48.6 Å². The SMILES string of the molecule is CC/C=C\C/C=C\C/C=C\C/C=C\CCCCCCCCCCC(=O)OC(COC(=O)CCCCCCCCCCCCCCCCCCCCC)COP(=O)(O)OCC. The Kier molecular flexibility index (Phi) is 45.0. The van der Waals surface area contributed by atoms with Crippen molar-refractivity contribution in [2.75, 3.05) is 19.8 Å². The first-order valence-corrected chi connectivity index (χ1v) is 26.4. The van der Waals surface area contributed by atoms with Gasteiger partial charge in [-0.1, -0.05) is 217 Å². The summed E-state index contributed by atoms with van der Waals surface area (Å²) in [5.41, 5.74) is 0. The number of carbonyl (C=O) groups is 2. The Labute approximate surface area is 369 Å². The largest absolute Gasteiger partial charge is 0.472 e. The third-order valence-electron chi connectivity index (χ3n) is 10.6. The Morgan fingerprint density at radius 2 is 0.850 bits per heavy atom. The number of hydrogen-bond donors (Lipinski definition) is 1. The summed E-state index contributed by atoms with van der Waals surface area (Å²) in [6.45, 7) is 5.39. The van der Waals surface area contributed by atoms with E-state index < -0.39 is 26.5 Å². The number of hydrogen-bond acceptors (Lipinski definition) is 7. The zero-order chi connectivity index (χ0) is 43.9. The summed E-state index contributed by atoms with van der Waals surface area (Å²) in [6.07, 6.45) is 56.0. The zero-order valence-electron chi connectivity index (χ0n) is 39.1. The molecule has 0 radical (unpaired) electrons. The molecule has 0 aliphatic carbocycles. The highest BCUT2D eigenvalue weighted by atomic mass is 31.2. The first-order chi connectivity index (χ1) is 29.3. The second-order valence-electron chi connectivity index (χ2n) is 16.5. The van der Waals surface area contributed by atoms with Crippen LogP contribution in [0.3, 0.4) is 0 Å². The Bertz CT molecular complexity index is 1120. The van der Waals surface area contributed by atoms with Crippen molar-refractivity contribution in [3.8, 4) is 0 Å². The third kappa shape index (κ3) is 45.5. The van der Waals surface area contributed by atoms with E-state index in [1.165, 1.54) is 128 Å². The molecule has 0 aliphatic rings. The minimum atomic E-state index is -4.29. The standard InChI is InChI=1S/C51H93O8P/c1-4-7-9-11-13-15-17-19-21-23-25-26-28-30-32-34-36-38-40-42-44-46-51(53)59-49(48-58-60(54,55)57-6-3)47-56-50(52)45-43-41-39-37-35-33-31-29-27-24-22-20-18-16-14-12-10-8-5-2/h7,9,13,15,19,21,25-26,49H,4-6,8,10-12,14,16-18,20,22-24,27-48H2,1-3H3,(H,54,55)/b9-7-,15-13-,21-19-,26-25-. The van der Waals surface area contributed by atoms with Gasteiger partial charge in [-0.2, -0.15) is 0 Å². The molecular formula is C51H93O8P. The van der Waals surface area contributed by atoms with Crippen LogP contribution in [0.5, 0.6) is 0 Å². The molecule has 8 nitrogen and oxygen atoms in total. The van der Waals surface area contributed by atoms with Crippen molar-refractivity contribution < 1.29 is 37.6 Å². The molecule has 9 heteroatoms. The van der Waals surface area contributed by atoms with Gasteiger partial charge in [-0.3, -0.25) is 18.6 Å². The van der Waals surface area contributed by atoms with E-state index >= 15 is 0 Å². The monoisotopic (exact) mass is 865 g/mol. The molecule has 2 unspecified atom stereocenters. The van der Waals surface area contributed by atoms with Crippen molar-refractivity contribution in [1.82, 2.24) is 0 Å². The lowest BCUT2D eigenvalue weighted by Gasteiger charge is -2.19. The molecule has 0 aliphatic heterocycles. The van der Waals surface area contributed by atoms with Crippen molar-refractivity contribution in [1.29, 1.82) is 0 Å². The molecule has 0 heterocycles. The molecule has 350 valence electrons. The molecule has 0 aromatic rings. The van der Waals surface area contributed by atoms with E-state index in [1.54, 1.807) is 6.92 Å². The fourth-order valence-corrected chi connectivity index (χ4v) is 7.79. The lowest BCUT2D eigenvalue weighted by atomic mass is 10.0. The highest BCUT2D eigenvalue weighted by Crippen LogP contribution is 2.43. The van der Waals surface area contributed by atoms with E-state index in [1.807, 2.05) is 0 Å². The molecule has 0 saturated carbocycles. The summed E-state index contributed by atoms with van der Waals surface area (Å²) in [5.74, 6) is -0.798. The van der Waals surface area contributed by atoms with Gasteiger partial charge in [0.2, 0.25) is 0 Å².